The molecule has 0 radical (unpaired) electrons. The van der Waals surface area contributed by atoms with Gasteiger partial charge in [0.2, 0.25) is 0 Å². The van der Waals surface area contributed by atoms with Gasteiger partial charge in [-0.2, -0.15) is 0 Å². The monoisotopic (exact) mass is 439 g/mol. The second kappa shape index (κ2) is 12.0. The van der Waals surface area contributed by atoms with Crippen LogP contribution in [0, 0.1) is 5.92 Å². The highest BCUT2D eigenvalue weighted by molar-refractivity contribution is 5.79. The van der Waals surface area contributed by atoms with Crippen molar-refractivity contribution in [3.8, 4) is 0 Å². The molecule has 174 valence electrons. The minimum absolute atomic E-state index is 0.316. The first kappa shape index (κ1) is 22.7. The van der Waals surface area contributed by atoms with Crippen molar-refractivity contribution in [3.05, 3.63) is 48.0 Å². The topological polar surface area (TPSA) is 79.6 Å². The van der Waals surface area contributed by atoms with E-state index in [9.17, 15) is 0 Å². The SMILES string of the molecule is CCc1nncn1CCNC(=NCC(c1ccccc1)N1CCCC1)NCC1CCOC1. The van der Waals surface area contributed by atoms with Crippen molar-refractivity contribution in [3.63, 3.8) is 0 Å². The molecule has 2 atom stereocenters. The first-order valence-electron chi connectivity index (χ1n) is 12.1. The summed E-state index contributed by atoms with van der Waals surface area (Å²) in [7, 11) is 0. The zero-order valence-corrected chi connectivity index (χ0v) is 19.2. The molecule has 2 aromatic rings. The van der Waals surface area contributed by atoms with Crippen LogP contribution in [0.3, 0.4) is 0 Å². The Bertz CT molecular complexity index is 826. The van der Waals surface area contributed by atoms with Crippen LogP contribution in [-0.2, 0) is 17.7 Å². The van der Waals surface area contributed by atoms with Crippen LogP contribution in [0.5, 0.6) is 0 Å². The lowest BCUT2D eigenvalue weighted by atomic mass is 10.1. The number of hydrogen-bond donors (Lipinski definition) is 2. The summed E-state index contributed by atoms with van der Waals surface area (Å²) in [6.07, 6.45) is 6.35. The zero-order valence-electron chi connectivity index (χ0n) is 19.2. The van der Waals surface area contributed by atoms with Crippen molar-refractivity contribution < 1.29 is 4.74 Å². The Morgan fingerprint density at radius 2 is 2.06 bits per heavy atom. The lowest BCUT2D eigenvalue weighted by Gasteiger charge is -2.27. The molecule has 0 aliphatic carbocycles. The number of rotatable bonds is 10. The molecule has 2 saturated heterocycles. The minimum Gasteiger partial charge on any atom is -0.381 e. The summed E-state index contributed by atoms with van der Waals surface area (Å²) < 4.78 is 7.65. The highest BCUT2D eigenvalue weighted by Crippen LogP contribution is 2.25. The molecule has 2 aliphatic rings. The van der Waals surface area contributed by atoms with Gasteiger partial charge < -0.3 is 19.9 Å². The molecular formula is C24H37N7O. The first-order valence-corrected chi connectivity index (χ1v) is 12.1. The van der Waals surface area contributed by atoms with E-state index in [0.717, 1.165) is 77.1 Å². The third-order valence-corrected chi connectivity index (χ3v) is 6.43. The van der Waals surface area contributed by atoms with Gasteiger partial charge in [0.15, 0.2) is 5.96 Å². The molecule has 2 unspecified atom stereocenters. The Morgan fingerprint density at radius 3 is 2.81 bits per heavy atom. The van der Waals surface area contributed by atoms with Gasteiger partial charge in [0.05, 0.1) is 19.2 Å². The standard InChI is InChI=1S/C24H37N7O/c1-2-23-29-28-19-31(23)14-11-25-24(26-16-20-10-15-32-18-20)27-17-22(30-12-6-7-13-30)21-8-4-3-5-9-21/h3-5,8-9,19-20,22H,2,6-7,10-18H2,1H3,(H2,25,26,27). The lowest BCUT2D eigenvalue weighted by Crippen LogP contribution is -2.42. The van der Waals surface area contributed by atoms with E-state index in [-0.39, 0.29) is 0 Å². The third kappa shape index (κ3) is 6.29. The maximum Gasteiger partial charge on any atom is 0.191 e. The number of guanidine groups is 1. The minimum atomic E-state index is 0.316. The number of ether oxygens (including phenoxy) is 1. The fraction of sp³-hybridized carbons (Fsp3) is 0.625. The van der Waals surface area contributed by atoms with E-state index < -0.39 is 0 Å². The molecule has 0 saturated carbocycles. The van der Waals surface area contributed by atoms with Crippen molar-refractivity contribution in [2.45, 2.75) is 45.2 Å². The Hall–Kier alpha value is -2.45. The van der Waals surface area contributed by atoms with E-state index in [1.54, 1.807) is 6.33 Å². The summed E-state index contributed by atoms with van der Waals surface area (Å²) in [5.41, 5.74) is 1.35. The molecule has 1 aromatic carbocycles. The van der Waals surface area contributed by atoms with Crippen LogP contribution in [0.4, 0.5) is 0 Å². The average molecular weight is 440 g/mol. The molecule has 2 N–H and O–H groups in total. The van der Waals surface area contributed by atoms with Crippen LogP contribution in [0.1, 0.15) is 43.6 Å². The summed E-state index contributed by atoms with van der Waals surface area (Å²) in [5, 5.41) is 15.3. The van der Waals surface area contributed by atoms with Crippen LogP contribution in [-0.4, -0.2) is 71.6 Å². The zero-order chi connectivity index (χ0) is 22.0. The normalized spacial score (nSPS) is 20.5. The Balaban J connectivity index is 1.41. The van der Waals surface area contributed by atoms with E-state index in [1.807, 2.05) is 0 Å². The van der Waals surface area contributed by atoms with Crippen molar-refractivity contribution in [1.82, 2.24) is 30.3 Å². The highest BCUT2D eigenvalue weighted by atomic mass is 16.5. The van der Waals surface area contributed by atoms with Gasteiger partial charge in [-0.1, -0.05) is 37.3 Å². The highest BCUT2D eigenvalue weighted by Gasteiger charge is 2.23. The van der Waals surface area contributed by atoms with Crippen molar-refractivity contribution in [1.29, 1.82) is 0 Å². The van der Waals surface area contributed by atoms with Crippen LogP contribution in [0.25, 0.3) is 0 Å². The van der Waals surface area contributed by atoms with Gasteiger partial charge >= 0.3 is 0 Å². The van der Waals surface area contributed by atoms with E-state index >= 15 is 0 Å². The number of aromatic nitrogens is 3. The van der Waals surface area contributed by atoms with E-state index in [1.165, 1.54) is 18.4 Å². The predicted molar refractivity (Wildman–Crippen MR) is 127 cm³/mol. The maximum absolute atomic E-state index is 5.54. The van der Waals surface area contributed by atoms with Crippen molar-refractivity contribution >= 4 is 5.96 Å². The largest absolute Gasteiger partial charge is 0.381 e. The number of benzene rings is 1. The van der Waals surface area contributed by atoms with Gasteiger partial charge in [-0.25, -0.2) is 0 Å². The van der Waals surface area contributed by atoms with Crippen LogP contribution in [0.15, 0.2) is 41.7 Å². The molecular weight excluding hydrogens is 402 g/mol. The number of nitrogens with one attached hydrogen (secondary N) is 2. The number of likely N-dealkylation sites (tertiary alicyclic amines) is 1. The van der Waals surface area contributed by atoms with E-state index in [4.69, 9.17) is 9.73 Å². The summed E-state index contributed by atoms with van der Waals surface area (Å²) in [6.45, 7) is 9.33. The predicted octanol–water partition coefficient (Wildman–Crippen LogP) is 2.25. The summed E-state index contributed by atoms with van der Waals surface area (Å²) in [4.78, 5) is 7.61. The second-order valence-corrected chi connectivity index (χ2v) is 8.69. The maximum atomic E-state index is 5.54. The van der Waals surface area contributed by atoms with Gasteiger partial charge in [0, 0.05) is 38.6 Å². The fourth-order valence-electron chi connectivity index (χ4n) is 4.53. The van der Waals surface area contributed by atoms with Crippen LogP contribution >= 0.6 is 0 Å². The van der Waals surface area contributed by atoms with Gasteiger partial charge in [-0.05, 0) is 37.9 Å². The molecule has 4 rings (SSSR count). The van der Waals surface area contributed by atoms with Gasteiger partial charge in [-0.3, -0.25) is 9.89 Å². The first-order chi connectivity index (χ1) is 15.8. The van der Waals surface area contributed by atoms with Gasteiger partial charge in [-0.15, -0.1) is 10.2 Å². The number of aliphatic imine (C=N–C) groups is 1. The average Bonchev–Trinajstić information content (AvgIpc) is 3.61. The Labute approximate surface area is 191 Å². The second-order valence-electron chi connectivity index (χ2n) is 8.69. The summed E-state index contributed by atoms with van der Waals surface area (Å²) in [5.74, 6) is 2.44. The molecule has 32 heavy (non-hydrogen) atoms. The molecule has 2 fully saturated rings. The molecule has 8 heteroatoms. The molecule has 8 nitrogen and oxygen atoms in total. The fourth-order valence-corrected chi connectivity index (χ4v) is 4.53. The molecule has 1 aromatic heterocycles. The molecule has 2 aliphatic heterocycles. The summed E-state index contributed by atoms with van der Waals surface area (Å²) in [6, 6.07) is 11.1. The van der Waals surface area contributed by atoms with Crippen molar-refractivity contribution in [2.24, 2.45) is 10.9 Å². The Kier molecular flexibility index (Phi) is 8.50. The Morgan fingerprint density at radius 1 is 1.22 bits per heavy atom. The smallest absolute Gasteiger partial charge is 0.191 e. The molecule has 3 heterocycles. The molecule has 0 amide bonds. The van der Waals surface area contributed by atoms with E-state index in [2.05, 4.69) is 67.6 Å². The molecule has 0 spiro atoms. The van der Waals surface area contributed by atoms with Gasteiger partial charge in [0.1, 0.15) is 12.2 Å². The van der Waals surface area contributed by atoms with Crippen LogP contribution in [0.2, 0.25) is 0 Å². The van der Waals surface area contributed by atoms with Gasteiger partial charge in [0.25, 0.3) is 0 Å². The van der Waals surface area contributed by atoms with E-state index in [0.29, 0.717) is 12.0 Å². The number of hydrogen-bond acceptors (Lipinski definition) is 5. The molecule has 0 bridgehead atoms. The van der Waals surface area contributed by atoms with Crippen LogP contribution < -0.4 is 10.6 Å². The lowest BCUT2D eigenvalue weighted by molar-refractivity contribution is 0.186. The summed E-state index contributed by atoms with van der Waals surface area (Å²) >= 11 is 0. The number of nitrogens with zero attached hydrogens (tertiary/aromatic N) is 5. The third-order valence-electron chi connectivity index (χ3n) is 6.43. The quantitative estimate of drug-likeness (QED) is 0.437. The number of aryl methyl sites for hydroxylation is 1. The van der Waals surface area contributed by atoms with Crippen molar-refractivity contribution in [2.75, 3.05) is 45.9 Å².